The number of pyridine rings is 2. The van der Waals surface area contributed by atoms with E-state index in [0.29, 0.717) is 29.8 Å². The van der Waals surface area contributed by atoms with Crippen LogP contribution in [0.2, 0.25) is 0 Å². The first-order valence-electron chi connectivity index (χ1n) is 11.6. The summed E-state index contributed by atoms with van der Waals surface area (Å²) >= 11 is 0. The predicted octanol–water partition coefficient (Wildman–Crippen LogP) is 3.78. The summed E-state index contributed by atoms with van der Waals surface area (Å²) in [6, 6.07) is 4.11. The minimum Gasteiger partial charge on any atom is -0.383 e. The Hall–Kier alpha value is -4.09. The van der Waals surface area contributed by atoms with Crippen LogP contribution in [-0.4, -0.2) is 35.5 Å². The number of anilines is 2. The molecule has 1 aliphatic carbocycles. The predicted molar refractivity (Wildman–Crippen MR) is 124 cm³/mol. The van der Waals surface area contributed by atoms with Crippen molar-refractivity contribution in [2.24, 2.45) is 5.92 Å². The zero-order chi connectivity index (χ0) is 25.2. The lowest BCUT2D eigenvalue weighted by Crippen LogP contribution is -2.39. The molecule has 4 aromatic heterocycles. The molecule has 0 aromatic carbocycles. The van der Waals surface area contributed by atoms with Gasteiger partial charge in [0.15, 0.2) is 11.5 Å². The van der Waals surface area contributed by atoms with Gasteiger partial charge in [-0.15, -0.1) is 0 Å². The molecule has 2 aliphatic rings. The van der Waals surface area contributed by atoms with E-state index in [0.717, 1.165) is 36.3 Å². The molecule has 0 spiro atoms. The minimum atomic E-state index is -4.53. The first-order chi connectivity index (χ1) is 17.2. The summed E-state index contributed by atoms with van der Waals surface area (Å²) in [6.07, 6.45) is 2.52. The fourth-order valence-electron chi connectivity index (χ4n) is 5.13. The zero-order valence-corrected chi connectivity index (χ0v) is 19.2. The maximum Gasteiger partial charge on any atom is 0.417 e. The lowest BCUT2D eigenvalue weighted by atomic mass is 9.74. The number of hydrogen-bond donors (Lipinski definition) is 2. The summed E-state index contributed by atoms with van der Waals surface area (Å²) in [5.41, 5.74) is 7.15. The van der Waals surface area contributed by atoms with Crippen molar-refractivity contribution in [1.29, 1.82) is 0 Å². The monoisotopic (exact) mass is 494 g/mol. The maximum atomic E-state index is 13.5. The largest absolute Gasteiger partial charge is 0.417 e. The van der Waals surface area contributed by atoms with Gasteiger partial charge >= 0.3 is 6.18 Å². The highest BCUT2D eigenvalue weighted by molar-refractivity contribution is 6.09. The van der Waals surface area contributed by atoms with E-state index < -0.39 is 23.1 Å². The topological polar surface area (TPSA) is 124 Å². The Morgan fingerprint density at radius 2 is 2.03 bits per heavy atom. The van der Waals surface area contributed by atoms with Gasteiger partial charge in [0.2, 0.25) is 5.91 Å². The molecule has 5 heterocycles. The highest BCUT2D eigenvalue weighted by atomic mass is 19.4. The van der Waals surface area contributed by atoms with Gasteiger partial charge in [-0.05, 0) is 48.9 Å². The van der Waals surface area contributed by atoms with Gasteiger partial charge in [0.25, 0.3) is 0 Å². The summed E-state index contributed by atoms with van der Waals surface area (Å²) in [5, 5.41) is 7.04. The SMILES string of the molecule is CCCc1cc(-c2nc(N)c3c(n2)NC(=O)C3(c2ccc(C(F)(F)F)cn2)C2CC2)cn2ncnc12. The summed E-state index contributed by atoms with van der Waals surface area (Å²) < 4.78 is 41.0. The smallest absolute Gasteiger partial charge is 0.383 e. The van der Waals surface area contributed by atoms with E-state index in [9.17, 15) is 18.0 Å². The van der Waals surface area contributed by atoms with Gasteiger partial charge in [-0.2, -0.15) is 18.3 Å². The molecule has 1 atom stereocenters. The maximum absolute atomic E-state index is 13.5. The van der Waals surface area contributed by atoms with E-state index in [1.54, 1.807) is 10.7 Å². The fraction of sp³-hybridized carbons (Fsp3) is 0.333. The van der Waals surface area contributed by atoms with Crippen molar-refractivity contribution in [3.63, 3.8) is 0 Å². The Kier molecular flexibility index (Phi) is 4.79. The standard InChI is InChI=1S/C24H21F3N8O/c1-2-3-12-8-13(10-35-21(12)30-11-31-35)19-32-18(28)17-20(33-19)34-22(36)23(17,14-4-5-14)16-7-6-15(9-29-16)24(25,26)27/h6-11,14H,2-5H2,1H3,(H3,28,32,33,34,36). The number of fused-ring (bicyclic) bond motifs is 2. The zero-order valence-electron chi connectivity index (χ0n) is 19.2. The number of hydrogen-bond acceptors (Lipinski definition) is 7. The second-order valence-corrected chi connectivity index (χ2v) is 9.15. The molecular weight excluding hydrogens is 473 g/mol. The van der Waals surface area contributed by atoms with Crippen LogP contribution in [0.5, 0.6) is 0 Å². The summed E-state index contributed by atoms with van der Waals surface area (Å²) in [6.45, 7) is 2.06. The van der Waals surface area contributed by atoms with Crippen LogP contribution < -0.4 is 11.1 Å². The van der Waals surface area contributed by atoms with Gasteiger partial charge in [-0.25, -0.2) is 19.5 Å². The number of aromatic nitrogens is 6. The highest BCUT2D eigenvalue weighted by Crippen LogP contribution is 2.57. The van der Waals surface area contributed by atoms with Crippen molar-refractivity contribution >= 4 is 23.2 Å². The second kappa shape index (κ2) is 7.70. The van der Waals surface area contributed by atoms with E-state index >= 15 is 0 Å². The molecule has 12 heteroatoms. The fourth-order valence-corrected chi connectivity index (χ4v) is 5.13. The van der Waals surface area contributed by atoms with Gasteiger partial charge in [0, 0.05) is 18.0 Å². The Morgan fingerprint density at radius 1 is 1.22 bits per heavy atom. The summed E-state index contributed by atoms with van der Waals surface area (Å²) in [7, 11) is 0. The molecule has 1 fully saturated rings. The van der Waals surface area contributed by atoms with Crippen LogP contribution in [0.3, 0.4) is 0 Å². The van der Waals surface area contributed by atoms with Gasteiger partial charge in [0.05, 0.1) is 16.8 Å². The number of carbonyl (C=O) groups excluding carboxylic acids is 1. The molecule has 6 rings (SSSR count). The average Bonchev–Trinajstić information content (AvgIpc) is 3.48. The molecular formula is C24H21F3N8O. The molecule has 184 valence electrons. The normalized spacial score (nSPS) is 19.5. The summed E-state index contributed by atoms with van der Waals surface area (Å²) in [5.74, 6) is 0.0454. The van der Waals surface area contributed by atoms with Crippen LogP contribution in [0.15, 0.2) is 36.9 Å². The van der Waals surface area contributed by atoms with Crippen molar-refractivity contribution in [1.82, 2.24) is 29.5 Å². The second-order valence-electron chi connectivity index (χ2n) is 9.15. The Bertz CT molecular complexity index is 1510. The van der Waals surface area contributed by atoms with E-state index in [1.165, 1.54) is 12.4 Å². The number of nitrogens with zero attached hydrogens (tertiary/aromatic N) is 6. The third-order valence-electron chi connectivity index (χ3n) is 6.83. The number of alkyl halides is 3. The number of nitrogens with two attached hydrogens (primary N) is 1. The van der Waals surface area contributed by atoms with Crippen LogP contribution in [-0.2, 0) is 22.8 Å². The van der Waals surface area contributed by atoms with E-state index in [2.05, 4.69) is 37.3 Å². The van der Waals surface area contributed by atoms with Crippen molar-refractivity contribution in [3.05, 3.63) is 59.3 Å². The molecule has 3 N–H and O–H groups in total. The molecule has 0 radical (unpaired) electrons. The van der Waals surface area contributed by atoms with Crippen molar-refractivity contribution in [3.8, 4) is 11.4 Å². The number of carbonyl (C=O) groups is 1. The number of aryl methyl sites for hydroxylation is 1. The molecule has 0 saturated heterocycles. The lowest BCUT2D eigenvalue weighted by molar-refractivity contribution is -0.137. The molecule has 1 aliphatic heterocycles. The molecule has 4 aromatic rings. The van der Waals surface area contributed by atoms with Crippen LogP contribution in [0.25, 0.3) is 17.0 Å². The summed E-state index contributed by atoms with van der Waals surface area (Å²) in [4.78, 5) is 31.0. The van der Waals surface area contributed by atoms with Crippen LogP contribution in [0.1, 0.15) is 48.6 Å². The third kappa shape index (κ3) is 3.23. The van der Waals surface area contributed by atoms with Crippen LogP contribution in [0, 0.1) is 5.92 Å². The van der Waals surface area contributed by atoms with Crippen molar-refractivity contribution in [2.75, 3.05) is 11.1 Å². The Morgan fingerprint density at radius 3 is 2.69 bits per heavy atom. The van der Waals surface area contributed by atoms with Crippen LogP contribution >= 0.6 is 0 Å². The van der Waals surface area contributed by atoms with Crippen molar-refractivity contribution in [2.45, 2.75) is 44.2 Å². The van der Waals surface area contributed by atoms with E-state index in [4.69, 9.17) is 5.73 Å². The van der Waals surface area contributed by atoms with Crippen LogP contribution in [0.4, 0.5) is 24.8 Å². The Labute approximate surface area is 203 Å². The minimum absolute atomic E-state index is 0.0812. The number of amides is 1. The first-order valence-corrected chi connectivity index (χ1v) is 11.6. The van der Waals surface area contributed by atoms with Gasteiger partial charge in [-0.3, -0.25) is 9.78 Å². The molecule has 0 bridgehead atoms. The van der Waals surface area contributed by atoms with Gasteiger partial charge in [-0.1, -0.05) is 13.3 Å². The van der Waals surface area contributed by atoms with E-state index in [1.807, 2.05) is 6.07 Å². The number of halogens is 3. The quantitative estimate of drug-likeness (QED) is 0.433. The van der Waals surface area contributed by atoms with Gasteiger partial charge < -0.3 is 11.1 Å². The molecule has 36 heavy (non-hydrogen) atoms. The van der Waals surface area contributed by atoms with Crippen molar-refractivity contribution < 1.29 is 18.0 Å². The number of nitrogen functional groups attached to an aromatic ring is 1. The average molecular weight is 494 g/mol. The number of rotatable bonds is 5. The molecule has 1 amide bonds. The highest BCUT2D eigenvalue weighted by Gasteiger charge is 2.60. The molecule has 1 saturated carbocycles. The Balaban J connectivity index is 1.49. The van der Waals surface area contributed by atoms with Gasteiger partial charge in [0.1, 0.15) is 23.4 Å². The molecule has 9 nitrogen and oxygen atoms in total. The number of nitrogens with one attached hydrogen (secondary N) is 1. The first kappa shape index (κ1) is 22.4. The van der Waals surface area contributed by atoms with E-state index in [-0.39, 0.29) is 23.2 Å². The third-order valence-corrected chi connectivity index (χ3v) is 6.83. The lowest BCUT2D eigenvalue weighted by Gasteiger charge is -2.27. The molecule has 1 unspecified atom stereocenters.